The first-order valence-electron chi connectivity index (χ1n) is 7.28. The van der Waals surface area contributed by atoms with Gasteiger partial charge in [0.05, 0.1) is 5.69 Å². The minimum atomic E-state index is 0.584. The standard InChI is InChI=1S/C15H26N4/c1-4-16-11-13-7-5-9-15(17-13)19(3)14-8-6-10-18(2)12-14/h5,7,9,14,16H,4,6,8,10-12H2,1-3H3. The fraction of sp³-hybridized carbons (Fsp3) is 0.667. The Balaban J connectivity index is 2.03. The summed E-state index contributed by atoms with van der Waals surface area (Å²) in [6, 6.07) is 6.90. The maximum absolute atomic E-state index is 4.76. The number of anilines is 1. The minimum absolute atomic E-state index is 0.584. The summed E-state index contributed by atoms with van der Waals surface area (Å²) in [6.07, 6.45) is 2.54. The Labute approximate surface area is 116 Å². The number of likely N-dealkylation sites (tertiary alicyclic amines) is 1. The van der Waals surface area contributed by atoms with Crippen LogP contribution in [0.2, 0.25) is 0 Å². The maximum Gasteiger partial charge on any atom is 0.128 e. The average molecular weight is 262 g/mol. The van der Waals surface area contributed by atoms with Gasteiger partial charge in [0.2, 0.25) is 0 Å². The molecule has 1 N–H and O–H groups in total. The van der Waals surface area contributed by atoms with E-state index in [9.17, 15) is 0 Å². The highest BCUT2D eigenvalue weighted by atomic mass is 15.2. The van der Waals surface area contributed by atoms with Crippen LogP contribution in [-0.2, 0) is 6.54 Å². The van der Waals surface area contributed by atoms with Crippen LogP contribution in [-0.4, -0.2) is 49.7 Å². The summed E-state index contributed by atoms with van der Waals surface area (Å²) in [5, 5.41) is 3.33. The Morgan fingerprint density at radius 1 is 1.47 bits per heavy atom. The summed E-state index contributed by atoms with van der Waals surface area (Å²) >= 11 is 0. The lowest BCUT2D eigenvalue weighted by Gasteiger charge is -2.36. The molecule has 1 aromatic rings. The molecule has 0 bridgehead atoms. The molecule has 1 unspecified atom stereocenters. The lowest BCUT2D eigenvalue weighted by atomic mass is 10.1. The molecule has 2 rings (SSSR count). The van der Waals surface area contributed by atoms with E-state index in [1.165, 1.54) is 19.4 Å². The third-order valence-electron chi connectivity index (χ3n) is 3.86. The van der Waals surface area contributed by atoms with E-state index in [0.717, 1.165) is 31.1 Å². The molecule has 0 aliphatic carbocycles. The summed E-state index contributed by atoms with van der Waals surface area (Å²) in [5.41, 5.74) is 1.12. The van der Waals surface area contributed by atoms with Crippen molar-refractivity contribution in [3.8, 4) is 0 Å². The summed E-state index contributed by atoms with van der Waals surface area (Å²) in [6.45, 7) is 6.31. The number of hydrogen-bond donors (Lipinski definition) is 1. The zero-order valence-electron chi connectivity index (χ0n) is 12.4. The van der Waals surface area contributed by atoms with Crippen LogP contribution in [0.25, 0.3) is 0 Å². The molecule has 1 saturated heterocycles. The molecule has 0 saturated carbocycles. The van der Waals surface area contributed by atoms with Crippen molar-refractivity contribution < 1.29 is 0 Å². The van der Waals surface area contributed by atoms with Crippen LogP contribution in [0.5, 0.6) is 0 Å². The van der Waals surface area contributed by atoms with Crippen LogP contribution in [0.3, 0.4) is 0 Å². The van der Waals surface area contributed by atoms with Crippen LogP contribution in [0.15, 0.2) is 18.2 Å². The van der Waals surface area contributed by atoms with E-state index in [-0.39, 0.29) is 0 Å². The van der Waals surface area contributed by atoms with Crippen molar-refractivity contribution in [1.29, 1.82) is 0 Å². The SMILES string of the molecule is CCNCc1cccc(N(C)C2CCCN(C)C2)n1. The molecule has 19 heavy (non-hydrogen) atoms. The van der Waals surface area contributed by atoms with Gasteiger partial charge in [-0.15, -0.1) is 0 Å². The predicted molar refractivity (Wildman–Crippen MR) is 80.5 cm³/mol. The number of nitrogens with zero attached hydrogens (tertiary/aromatic N) is 3. The molecule has 4 heteroatoms. The molecular formula is C15H26N4. The van der Waals surface area contributed by atoms with Crippen molar-refractivity contribution in [2.45, 2.75) is 32.4 Å². The monoisotopic (exact) mass is 262 g/mol. The van der Waals surface area contributed by atoms with Gasteiger partial charge in [-0.3, -0.25) is 0 Å². The number of pyridine rings is 1. The lowest BCUT2D eigenvalue weighted by molar-refractivity contribution is 0.247. The molecule has 1 aromatic heterocycles. The second kappa shape index (κ2) is 6.87. The molecule has 106 valence electrons. The molecular weight excluding hydrogens is 236 g/mol. The highest BCUT2D eigenvalue weighted by molar-refractivity contribution is 5.39. The smallest absolute Gasteiger partial charge is 0.128 e. The van der Waals surface area contributed by atoms with Gasteiger partial charge in [0.25, 0.3) is 0 Å². The van der Waals surface area contributed by atoms with Gasteiger partial charge in [0.15, 0.2) is 0 Å². The Morgan fingerprint density at radius 3 is 3.05 bits per heavy atom. The van der Waals surface area contributed by atoms with E-state index < -0.39 is 0 Å². The third kappa shape index (κ3) is 3.91. The van der Waals surface area contributed by atoms with Gasteiger partial charge in [-0.05, 0) is 45.1 Å². The Hall–Kier alpha value is -1.13. The average Bonchev–Trinajstić information content (AvgIpc) is 2.44. The minimum Gasteiger partial charge on any atom is -0.355 e. The highest BCUT2D eigenvalue weighted by Crippen LogP contribution is 2.19. The molecule has 0 aromatic carbocycles. The van der Waals surface area contributed by atoms with Crippen LogP contribution in [0, 0.1) is 0 Å². The van der Waals surface area contributed by atoms with Gasteiger partial charge in [-0.25, -0.2) is 4.98 Å². The van der Waals surface area contributed by atoms with Crippen LogP contribution in [0.1, 0.15) is 25.5 Å². The number of hydrogen-bond acceptors (Lipinski definition) is 4. The number of aromatic nitrogens is 1. The molecule has 0 spiro atoms. The quantitative estimate of drug-likeness (QED) is 0.875. The molecule has 1 atom stereocenters. The molecule has 1 aliphatic heterocycles. The molecule has 0 radical (unpaired) electrons. The van der Waals surface area contributed by atoms with Crippen LogP contribution >= 0.6 is 0 Å². The topological polar surface area (TPSA) is 31.4 Å². The zero-order valence-corrected chi connectivity index (χ0v) is 12.4. The van der Waals surface area contributed by atoms with Gasteiger partial charge < -0.3 is 15.1 Å². The normalized spacial score (nSPS) is 20.5. The molecule has 0 amide bonds. The van der Waals surface area contributed by atoms with E-state index in [1.54, 1.807) is 0 Å². The lowest BCUT2D eigenvalue weighted by Crippen LogP contribution is -2.45. The maximum atomic E-state index is 4.76. The molecule has 1 aliphatic rings. The fourth-order valence-corrected chi connectivity index (χ4v) is 2.66. The summed E-state index contributed by atoms with van der Waals surface area (Å²) in [7, 11) is 4.37. The van der Waals surface area contributed by atoms with E-state index in [2.05, 4.69) is 54.3 Å². The van der Waals surface area contributed by atoms with Gasteiger partial charge in [0, 0.05) is 26.2 Å². The van der Waals surface area contributed by atoms with Gasteiger partial charge in [-0.1, -0.05) is 13.0 Å². The predicted octanol–water partition coefficient (Wildman–Crippen LogP) is 1.72. The third-order valence-corrected chi connectivity index (χ3v) is 3.86. The number of likely N-dealkylation sites (N-methyl/N-ethyl adjacent to an activating group) is 2. The van der Waals surface area contributed by atoms with Crippen molar-refractivity contribution in [3.63, 3.8) is 0 Å². The Morgan fingerprint density at radius 2 is 2.32 bits per heavy atom. The first-order chi connectivity index (χ1) is 9.20. The van der Waals surface area contributed by atoms with Crippen molar-refractivity contribution in [2.75, 3.05) is 38.6 Å². The summed E-state index contributed by atoms with van der Waals surface area (Å²) < 4.78 is 0. The Bertz CT molecular complexity index is 393. The second-order valence-corrected chi connectivity index (χ2v) is 5.44. The Kier molecular flexibility index (Phi) is 5.16. The zero-order chi connectivity index (χ0) is 13.7. The molecule has 1 fully saturated rings. The fourth-order valence-electron chi connectivity index (χ4n) is 2.66. The van der Waals surface area contributed by atoms with E-state index in [0.29, 0.717) is 6.04 Å². The van der Waals surface area contributed by atoms with E-state index in [4.69, 9.17) is 4.98 Å². The number of nitrogens with one attached hydrogen (secondary N) is 1. The van der Waals surface area contributed by atoms with Crippen molar-refractivity contribution >= 4 is 5.82 Å². The van der Waals surface area contributed by atoms with Gasteiger partial charge >= 0.3 is 0 Å². The first-order valence-corrected chi connectivity index (χ1v) is 7.28. The van der Waals surface area contributed by atoms with Crippen LogP contribution < -0.4 is 10.2 Å². The first kappa shape index (κ1) is 14.3. The summed E-state index contributed by atoms with van der Waals surface area (Å²) in [5.74, 6) is 1.09. The van der Waals surface area contributed by atoms with Gasteiger partial charge in [-0.2, -0.15) is 0 Å². The van der Waals surface area contributed by atoms with Crippen LogP contribution in [0.4, 0.5) is 5.82 Å². The van der Waals surface area contributed by atoms with Crippen molar-refractivity contribution in [2.24, 2.45) is 0 Å². The second-order valence-electron chi connectivity index (χ2n) is 5.44. The summed E-state index contributed by atoms with van der Waals surface area (Å²) in [4.78, 5) is 9.50. The largest absolute Gasteiger partial charge is 0.355 e. The van der Waals surface area contributed by atoms with Gasteiger partial charge in [0.1, 0.15) is 5.82 Å². The number of rotatable bonds is 5. The molecule has 4 nitrogen and oxygen atoms in total. The highest BCUT2D eigenvalue weighted by Gasteiger charge is 2.21. The van der Waals surface area contributed by atoms with E-state index in [1.807, 2.05) is 0 Å². The number of piperidine rings is 1. The van der Waals surface area contributed by atoms with Crippen molar-refractivity contribution in [3.05, 3.63) is 23.9 Å². The van der Waals surface area contributed by atoms with E-state index >= 15 is 0 Å². The molecule has 2 heterocycles. The van der Waals surface area contributed by atoms with Crippen molar-refractivity contribution in [1.82, 2.24) is 15.2 Å².